The summed E-state index contributed by atoms with van der Waals surface area (Å²) in [5, 5.41) is 6.91. The van der Waals surface area contributed by atoms with Crippen LogP contribution in [0.25, 0.3) is 0 Å². The van der Waals surface area contributed by atoms with Gasteiger partial charge in [0.2, 0.25) is 0 Å². The standard InChI is InChI=1S/C25H28N2O2S/c28-23(21-7-4-8-22(12-21)29-16-17-5-2-1-3-6-17)26-24(30)27-25-13-18-9-19(14-25)11-20(10-18)15-25/h1-8,12,18-20H,9-11,13-16H2,(H2,26,27,28,30). The minimum absolute atomic E-state index is 0.0970. The smallest absolute Gasteiger partial charge is 0.257 e. The van der Waals surface area contributed by atoms with Gasteiger partial charge in [0.15, 0.2) is 5.11 Å². The second kappa shape index (κ2) is 8.03. The Balaban J connectivity index is 1.19. The zero-order valence-corrected chi connectivity index (χ0v) is 17.9. The third kappa shape index (κ3) is 4.22. The number of carbonyl (C=O) groups excluding carboxylic acids is 1. The molecule has 30 heavy (non-hydrogen) atoms. The first-order valence-corrected chi connectivity index (χ1v) is 11.4. The minimum atomic E-state index is -0.192. The van der Waals surface area contributed by atoms with Crippen molar-refractivity contribution in [1.29, 1.82) is 0 Å². The van der Waals surface area contributed by atoms with Gasteiger partial charge < -0.3 is 10.1 Å². The van der Waals surface area contributed by atoms with Gasteiger partial charge in [-0.1, -0.05) is 36.4 Å². The highest BCUT2D eigenvalue weighted by Crippen LogP contribution is 2.55. The van der Waals surface area contributed by atoms with Gasteiger partial charge in [-0.15, -0.1) is 0 Å². The lowest BCUT2D eigenvalue weighted by atomic mass is 9.53. The summed E-state index contributed by atoms with van der Waals surface area (Å²) in [4.78, 5) is 12.8. The number of hydrogen-bond donors (Lipinski definition) is 2. The third-order valence-electron chi connectivity index (χ3n) is 6.99. The van der Waals surface area contributed by atoms with Crippen molar-refractivity contribution < 1.29 is 9.53 Å². The van der Waals surface area contributed by atoms with E-state index >= 15 is 0 Å². The Bertz CT molecular complexity index is 908. The van der Waals surface area contributed by atoms with Gasteiger partial charge in [0.05, 0.1) is 0 Å². The molecule has 6 rings (SSSR count). The van der Waals surface area contributed by atoms with Crippen LogP contribution in [0.5, 0.6) is 5.75 Å². The van der Waals surface area contributed by atoms with E-state index in [0.29, 0.717) is 23.0 Å². The highest BCUT2D eigenvalue weighted by Gasteiger charge is 2.51. The first kappa shape index (κ1) is 19.6. The normalized spacial score (nSPS) is 28.7. The molecule has 2 aromatic rings. The van der Waals surface area contributed by atoms with Crippen molar-refractivity contribution in [2.75, 3.05) is 0 Å². The van der Waals surface area contributed by atoms with Crippen molar-refractivity contribution in [2.45, 2.75) is 50.7 Å². The topological polar surface area (TPSA) is 50.4 Å². The SMILES string of the molecule is O=C(NC(=S)NC12CC3CC(CC(C3)C1)C2)c1cccc(OCc2ccccc2)c1. The molecule has 4 nitrogen and oxygen atoms in total. The van der Waals surface area contributed by atoms with Gasteiger partial charge >= 0.3 is 0 Å². The number of amides is 1. The zero-order valence-electron chi connectivity index (χ0n) is 17.1. The summed E-state index contributed by atoms with van der Waals surface area (Å²) in [6.45, 7) is 0.470. The van der Waals surface area contributed by atoms with Gasteiger partial charge in [-0.05, 0) is 92.3 Å². The largest absolute Gasteiger partial charge is 0.489 e. The molecule has 0 unspecified atom stereocenters. The molecule has 4 fully saturated rings. The summed E-state index contributed by atoms with van der Waals surface area (Å²) in [5.74, 6) is 2.98. The van der Waals surface area contributed by atoms with Crippen molar-refractivity contribution in [1.82, 2.24) is 10.6 Å². The predicted octanol–water partition coefficient (Wildman–Crippen LogP) is 4.84. The fraction of sp³-hybridized carbons (Fsp3) is 0.440. The molecule has 0 aromatic heterocycles. The van der Waals surface area contributed by atoms with E-state index in [0.717, 1.165) is 23.3 Å². The van der Waals surface area contributed by atoms with E-state index in [1.165, 1.54) is 38.5 Å². The van der Waals surface area contributed by atoms with E-state index < -0.39 is 0 Å². The molecule has 156 valence electrons. The predicted molar refractivity (Wildman–Crippen MR) is 121 cm³/mol. The van der Waals surface area contributed by atoms with Crippen LogP contribution >= 0.6 is 12.2 Å². The van der Waals surface area contributed by atoms with Crippen LogP contribution in [0.2, 0.25) is 0 Å². The summed E-state index contributed by atoms with van der Waals surface area (Å²) in [6, 6.07) is 17.3. The van der Waals surface area contributed by atoms with Crippen LogP contribution in [-0.4, -0.2) is 16.6 Å². The van der Waals surface area contributed by atoms with Gasteiger partial charge in [0.25, 0.3) is 5.91 Å². The Labute approximate surface area is 183 Å². The van der Waals surface area contributed by atoms with E-state index in [9.17, 15) is 4.79 Å². The first-order chi connectivity index (χ1) is 14.6. The van der Waals surface area contributed by atoms with Gasteiger partial charge in [0.1, 0.15) is 12.4 Å². The van der Waals surface area contributed by atoms with Crippen molar-refractivity contribution >= 4 is 23.2 Å². The Morgan fingerprint density at radius 2 is 1.63 bits per heavy atom. The van der Waals surface area contributed by atoms with Crippen molar-refractivity contribution in [3.63, 3.8) is 0 Å². The molecular weight excluding hydrogens is 392 g/mol. The van der Waals surface area contributed by atoms with Crippen molar-refractivity contribution in [2.24, 2.45) is 17.8 Å². The molecule has 4 aliphatic rings. The van der Waals surface area contributed by atoms with Gasteiger partial charge in [-0.2, -0.15) is 0 Å². The Morgan fingerprint density at radius 3 is 2.30 bits per heavy atom. The first-order valence-electron chi connectivity index (χ1n) is 11.0. The molecule has 0 aliphatic heterocycles. The summed E-state index contributed by atoms with van der Waals surface area (Å²) in [6.07, 6.45) is 7.73. The number of ether oxygens (including phenoxy) is 1. The molecule has 2 aromatic carbocycles. The maximum atomic E-state index is 12.8. The van der Waals surface area contributed by atoms with Crippen LogP contribution in [0.15, 0.2) is 54.6 Å². The fourth-order valence-electron chi connectivity index (χ4n) is 6.18. The zero-order chi connectivity index (χ0) is 20.6. The minimum Gasteiger partial charge on any atom is -0.489 e. The molecule has 0 heterocycles. The summed E-state index contributed by atoms with van der Waals surface area (Å²) in [5.41, 5.74) is 1.74. The summed E-state index contributed by atoms with van der Waals surface area (Å²) in [7, 11) is 0. The van der Waals surface area contributed by atoms with Crippen molar-refractivity contribution in [3.05, 3.63) is 65.7 Å². The molecule has 4 bridgehead atoms. The molecule has 0 radical (unpaired) electrons. The number of rotatable bonds is 5. The van der Waals surface area contributed by atoms with E-state index in [1.807, 2.05) is 42.5 Å². The van der Waals surface area contributed by atoms with Gasteiger partial charge in [-0.25, -0.2) is 0 Å². The molecule has 5 heteroatoms. The number of thiocarbonyl (C=S) groups is 1. The van der Waals surface area contributed by atoms with Crippen LogP contribution < -0.4 is 15.4 Å². The Kier molecular flexibility index (Phi) is 5.23. The van der Waals surface area contributed by atoms with Crippen LogP contribution in [0.4, 0.5) is 0 Å². The maximum absolute atomic E-state index is 12.8. The third-order valence-corrected chi connectivity index (χ3v) is 7.19. The highest BCUT2D eigenvalue weighted by molar-refractivity contribution is 7.80. The van der Waals surface area contributed by atoms with Crippen LogP contribution in [0.1, 0.15) is 54.4 Å². The summed E-state index contributed by atoms with van der Waals surface area (Å²) < 4.78 is 5.85. The van der Waals surface area contributed by atoms with E-state index in [2.05, 4.69) is 10.6 Å². The van der Waals surface area contributed by atoms with E-state index in [-0.39, 0.29) is 11.4 Å². The maximum Gasteiger partial charge on any atom is 0.257 e. The molecule has 0 spiro atoms. The lowest BCUT2D eigenvalue weighted by Crippen LogP contribution is -2.61. The quantitative estimate of drug-likeness (QED) is 0.680. The van der Waals surface area contributed by atoms with Crippen LogP contribution in [0, 0.1) is 17.8 Å². The van der Waals surface area contributed by atoms with Crippen molar-refractivity contribution in [3.8, 4) is 5.75 Å². The van der Waals surface area contributed by atoms with Gasteiger partial charge in [-0.3, -0.25) is 10.1 Å². The monoisotopic (exact) mass is 420 g/mol. The van der Waals surface area contributed by atoms with Gasteiger partial charge in [0, 0.05) is 11.1 Å². The fourth-order valence-corrected chi connectivity index (χ4v) is 6.49. The van der Waals surface area contributed by atoms with Crippen LogP contribution in [0.3, 0.4) is 0 Å². The Hall–Kier alpha value is -2.40. The molecule has 0 saturated heterocycles. The highest BCUT2D eigenvalue weighted by atomic mass is 32.1. The lowest BCUT2D eigenvalue weighted by Gasteiger charge is -2.57. The molecular formula is C25H28N2O2S. The molecule has 4 aliphatic carbocycles. The van der Waals surface area contributed by atoms with E-state index in [1.54, 1.807) is 12.1 Å². The number of carbonyl (C=O) groups is 1. The molecule has 0 atom stereocenters. The average molecular weight is 421 g/mol. The second-order valence-electron chi connectivity index (χ2n) is 9.41. The Morgan fingerprint density at radius 1 is 0.967 bits per heavy atom. The number of benzene rings is 2. The number of nitrogens with one attached hydrogen (secondary N) is 2. The summed E-state index contributed by atoms with van der Waals surface area (Å²) >= 11 is 5.54. The molecule has 4 saturated carbocycles. The lowest BCUT2D eigenvalue weighted by molar-refractivity contribution is -0.0101. The molecule has 1 amide bonds. The van der Waals surface area contributed by atoms with Crippen LogP contribution in [-0.2, 0) is 6.61 Å². The van der Waals surface area contributed by atoms with E-state index in [4.69, 9.17) is 17.0 Å². The number of hydrogen-bond acceptors (Lipinski definition) is 3. The molecule has 2 N–H and O–H groups in total. The average Bonchev–Trinajstić information content (AvgIpc) is 2.72. The second-order valence-corrected chi connectivity index (χ2v) is 9.82.